The van der Waals surface area contributed by atoms with Crippen LogP contribution in [0.4, 0.5) is 15.8 Å². The van der Waals surface area contributed by atoms with Crippen LogP contribution in [-0.4, -0.2) is 48.3 Å². The zero-order valence-corrected chi connectivity index (χ0v) is 21.4. The molecule has 0 saturated carbocycles. The number of fused-ring (bicyclic) bond motifs is 1. The van der Waals surface area contributed by atoms with Gasteiger partial charge in [0.1, 0.15) is 17.1 Å². The minimum atomic E-state index is -0.823. The van der Waals surface area contributed by atoms with Crippen LogP contribution in [0.15, 0.2) is 66.9 Å². The van der Waals surface area contributed by atoms with Crippen molar-refractivity contribution in [3.8, 4) is 5.75 Å². The van der Waals surface area contributed by atoms with E-state index in [0.717, 1.165) is 48.8 Å². The molecule has 1 N–H and O–H groups in total. The van der Waals surface area contributed by atoms with E-state index in [1.807, 2.05) is 37.3 Å². The van der Waals surface area contributed by atoms with E-state index in [1.165, 1.54) is 0 Å². The fraction of sp³-hybridized carbons (Fsp3) is 0.286. The number of hydrogen-bond acceptors (Lipinski definition) is 5. The second-order valence-electron chi connectivity index (χ2n) is 8.91. The van der Waals surface area contributed by atoms with E-state index in [1.54, 1.807) is 28.8 Å². The zero-order chi connectivity index (χ0) is 25.8. The first kappa shape index (κ1) is 24.9. The van der Waals surface area contributed by atoms with Crippen molar-refractivity contribution < 1.29 is 13.9 Å². The Morgan fingerprint density at radius 1 is 1.03 bits per heavy atom. The lowest BCUT2D eigenvalue weighted by molar-refractivity contribution is 0.0944. The maximum Gasteiger partial charge on any atom is 0.270 e. The molecule has 37 heavy (non-hydrogen) atoms. The van der Waals surface area contributed by atoms with E-state index in [9.17, 15) is 9.18 Å². The number of aryl methyl sites for hydroxylation is 1. The summed E-state index contributed by atoms with van der Waals surface area (Å²) in [4.78, 5) is 22.4. The lowest BCUT2D eigenvalue weighted by Crippen LogP contribution is -2.46. The second kappa shape index (κ2) is 11.1. The number of anilines is 2. The number of rotatable bonds is 8. The van der Waals surface area contributed by atoms with E-state index >= 15 is 0 Å². The van der Waals surface area contributed by atoms with E-state index < -0.39 is 6.86 Å². The molecule has 192 valence electrons. The quantitative estimate of drug-likeness (QED) is 0.349. The third kappa shape index (κ3) is 5.49. The SMILES string of the molecule is CCc1nc2ccc(Cl)cn2c1C(=O)NCc1cccc(N2CCN(c3ccc(OCF)cc3)CC2)c1. The number of amides is 1. The van der Waals surface area contributed by atoms with Gasteiger partial charge < -0.3 is 19.9 Å². The normalized spacial score (nSPS) is 13.7. The Morgan fingerprint density at radius 2 is 1.76 bits per heavy atom. The van der Waals surface area contributed by atoms with Gasteiger partial charge in [-0.05, 0) is 60.5 Å². The highest BCUT2D eigenvalue weighted by molar-refractivity contribution is 6.30. The van der Waals surface area contributed by atoms with Crippen molar-refractivity contribution in [3.05, 3.63) is 88.8 Å². The van der Waals surface area contributed by atoms with Gasteiger partial charge in [-0.2, -0.15) is 0 Å². The summed E-state index contributed by atoms with van der Waals surface area (Å²) in [6, 6.07) is 19.4. The second-order valence-corrected chi connectivity index (χ2v) is 9.35. The van der Waals surface area contributed by atoms with Crippen LogP contribution in [0.3, 0.4) is 0 Å². The van der Waals surface area contributed by atoms with Crippen molar-refractivity contribution in [2.45, 2.75) is 19.9 Å². The Labute approximate surface area is 220 Å². The monoisotopic (exact) mass is 521 g/mol. The first-order valence-electron chi connectivity index (χ1n) is 12.4. The molecule has 0 radical (unpaired) electrons. The Hall–Kier alpha value is -3.78. The number of carbonyl (C=O) groups excluding carboxylic acids is 1. The number of nitrogens with one attached hydrogen (secondary N) is 1. The number of pyridine rings is 1. The van der Waals surface area contributed by atoms with E-state index in [-0.39, 0.29) is 5.91 Å². The Balaban J connectivity index is 1.21. The van der Waals surface area contributed by atoms with Crippen LogP contribution >= 0.6 is 11.6 Å². The lowest BCUT2D eigenvalue weighted by atomic mass is 10.1. The summed E-state index contributed by atoms with van der Waals surface area (Å²) in [6.07, 6.45) is 2.38. The average Bonchev–Trinajstić information content (AvgIpc) is 3.30. The molecular weight excluding hydrogens is 493 g/mol. The van der Waals surface area contributed by atoms with Gasteiger partial charge in [0, 0.05) is 50.3 Å². The number of carbonyl (C=O) groups is 1. The van der Waals surface area contributed by atoms with Gasteiger partial charge in [0.15, 0.2) is 0 Å². The number of imidazole rings is 1. The number of nitrogens with zero attached hydrogens (tertiary/aromatic N) is 4. The Bertz CT molecular complexity index is 1380. The van der Waals surface area contributed by atoms with E-state index in [2.05, 4.69) is 32.2 Å². The topological polar surface area (TPSA) is 62.1 Å². The predicted octanol–water partition coefficient (Wildman–Crippen LogP) is 5.11. The van der Waals surface area contributed by atoms with Crippen LogP contribution in [0.1, 0.15) is 28.7 Å². The van der Waals surface area contributed by atoms with Crippen molar-refractivity contribution in [3.63, 3.8) is 0 Å². The van der Waals surface area contributed by atoms with Gasteiger partial charge in [0.2, 0.25) is 6.86 Å². The number of piperazine rings is 1. The maximum absolute atomic E-state index is 13.1. The van der Waals surface area contributed by atoms with Gasteiger partial charge in [-0.15, -0.1) is 0 Å². The van der Waals surface area contributed by atoms with Crippen molar-refractivity contribution in [2.24, 2.45) is 0 Å². The molecule has 9 heteroatoms. The molecule has 5 rings (SSSR count). The first-order chi connectivity index (χ1) is 18.1. The zero-order valence-electron chi connectivity index (χ0n) is 20.7. The number of hydrogen-bond donors (Lipinski definition) is 1. The summed E-state index contributed by atoms with van der Waals surface area (Å²) in [5.41, 5.74) is 5.24. The highest BCUT2D eigenvalue weighted by Gasteiger charge is 2.20. The number of halogens is 2. The van der Waals surface area contributed by atoms with Crippen LogP contribution in [0.5, 0.6) is 5.75 Å². The summed E-state index contributed by atoms with van der Waals surface area (Å²) in [5.74, 6) is 0.360. The third-order valence-electron chi connectivity index (χ3n) is 6.64. The van der Waals surface area contributed by atoms with Gasteiger partial charge in [-0.25, -0.2) is 9.37 Å². The molecule has 2 aromatic heterocycles. The largest absolute Gasteiger partial charge is 0.463 e. The van der Waals surface area contributed by atoms with Gasteiger partial charge in [-0.1, -0.05) is 30.7 Å². The fourth-order valence-electron chi connectivity index (χ4n) is 4.72. The highest BCUT2D eigenvalue weighted by Crippen LogP contribution is 2.24. The number of benzene rings is 2. The molecule has 4 aromatic rings. The molecule has 2 aromatic carbocycles. The summed E-state index contributed by atoms with van der Waals surface area (Å²) in [6.45, 7) is 5.08. The van der Waals surface area contributed by atoms with Crippen LogP contribution in [0.25, 0.3) is 5.65 Å². The number of alkyl halides is 1. The summed E-state index contributed by atoms with van der Waals surface area (Å²) in [5, 5.41) is 3.61. The molecule has 3 heterocycles. The first-order valence-corrected chi connectivity index (χ1v) is 12.8. The number of ether oxygens (including phenoxy) is 1. The molecule has 1 aliphatic heterocycles. The highest BCUT2D eigenvalue weighted by atomic mass is 35.5. The van der Waals surface area contributed by atoms with Crippen LogP contribution < -0.4 is 19.9 Å². The molecule has 1 fully saturated rings. The smallest absolute Gasteiger partial charge is 0.270 e. The van der Waals surface area contributed by atoms with Gasteiger partial charge in [-0.3, -0.25) is 9.20 Å². The van der Waals surface area contributed by atoms with Gasteiger partial charge >= 0.3 is 0 Å². The van der Waals surface area contributed by atoms with E-state index in [0.29, 0.717) is 35.1 Å². The summed E-state index contributed by atoms with van der Waals surface area (Å²) in [7, 11) is 0. The molecule has 0 aliphatic carbocycles. The molecular formula is C28H29ClFN5O2. The number of aromatic nitrogens is 2. The van der Waals surface area contributed by atoms with Crippen LogP contribution in [0, 0.1) is 0 Å². The van der Waals surface area contributed by atoms with Crippen molar-refractivity contribution in [1.82, 2.24) is 14.7 Å². The summed E-state index contributed by atoms with van der Waals surface area (Å²) < 4.78 is 19.0. The lowest BCUT2D eigenvalue weighted by Gasteiger charge is -2.37. The van der Waals surface area contributed by atoms with Crippen molar-refractivity contribution >= 4 is 34.5 Å². The molecule has 0 bridgehead atoms. The minimum absolute atomic E-state index is 0.173. The average molecular weight is 522 g/mol. The van der Waals surface area contributed by atoms with Crippen LogP contribution in [0.2, 0.25) is 5.02 Å². The molecule has 1 amide bonds. The Kier molecular flexibility index (Phi) is 7.46. The molecule has 0 spiro atoms. The van der Waals surface area contributed by atoms with Gasteiger partial charge in [0.05, 0.1) is 10.7 Å². The fourth-order valence-corrected chi connectivity index (χ4v) is 4.88. The van der Waals surface area contributed by atoms with E-state index in [4.69, 9.17) is 16.3 Å². The van der Waals surface area contributed by atoms with Gasteiger partial charge in [0.25, 0.3) is 5.91 Å². The standard InChI is InChI=1S/C28H29ClFN5O2/c1-2-25-27(35-18-21(29)6-11-26(35)32-25)28(36)31-17-20-4-3-5-23(16-20)34-14-12-33(13-15-34)22-7-9-24(10-8-22)37-19-30/h3-11,16,18H,2,12-15,17,19H2,1H3,(H,31,36). The maximum atomic E-state index is 13.1. The Morgan fingerprint density at radius 3 is 2.46 bits per heavy atom. The minimum Gasteiger partial charge on any atom is -0.463 e. The predicted molar refractivity (Wildman–Crippen MR) is 145 cm³/mol. The molecule has 1 saturated heterocycles. The van der Waals surface area contributed by atoms with Crippen LogP contribution in [-0.2, 0) is 13.0 Å². The molecule has 1 aliphatic rings. The van der Waals surface area contributed by atoms with Crippen molar-refractivity contribution in [2.75, 3.05) is 42.8 Å². The third-order valence-corrected chi connectivity index (χ3v) is 6.86. The molecule has 7 nitrogen and oxygen atoms in total. The molecule has 0 unspecified atom stereocenters. The summed E-state index contributed by atoms with van der Waals surface area (Å²) >= 11 is 6.17. The van der Waals surface area contributed by atoms with Crippen molar-refractivity contribution in [1.29, 1.82) is 0 Å². The molecule has 0 atom stereocenters.